The standard InChI is InChI=1S/C10H11N3O2/c1-15-6-4-9-11-10-8(7-14)3-2-5-13(10)12-9/h2-3,5,7H,4,6H2,1H3. The summed E-state index contributed by atoms with van der Waals surface area (Å²) in [5.41, 5.74) is 1.15. The van der Waals surface area contributed by atoms with Crippen LogP contribution in [0.1, 0.15) is 16.2 Å². The van der Waals surface area contributed by atoms with Gasteiger partial charge in [-0.1, -0.05) is 0 Å². The van der Waals surface area contributed by atoms with Crippen molar-refractivity contribution in [3.8, 4) is 0 Å². The third-order valence-electron chi connectivity index (χ3n) is 2.09. The number of methoxy groups -OCH3 is 1. The number of fused-ring (bicyclic) bond motifs is 1. The molecule has 5 heteroatoms. The predicted molar refractivity (Wildman–Crippen MR) is 54.0 cm³/mol. The summed E-state index contributed by atoms with van der Waals surface area (Å²) < 4.78 is 6.55. The number of aldehydes is 1. The molecule has 0 aromatic carbocycles. The van der Waals surface area contributed by atoms with Gasteiger partial charge >= 0.3 is 0 Å². The lowest BCUT2D eigenvalue weighted by molar-refractivity contribution is 0.112. The molecule has 0 unspecified atom stereocenters. The van der Waals surface area contributed by atoms with Crippen LogP contribution in [-0.4, -0.2) is 34.6 Å². The van der Waals surface area contributed by atoms with Gasteiger partial charge in [0.2, 0.25) is 0 Å². The van der Waals surface area contributed by atoms with Gasteiger partial charge in [0.1, 0.15) is 0 Å². The van der Waals surface area contributed by atoms with Crippen LogP contribution >= 0.6 is 0 Å². The normalized spacial score (nSPS) is 10.7. The Morgan fingerprint density at radius 1 is 1.60 bits per heavy atom. The van der Waals surface area contributed by atoms with Crippen molar-refractivity contribution in [1.29, 1.82) is 0 Å². The molecule has 0 saturated heterocycles. The summed E-state index contributed by atoms with van der Waals surface area (Å²) in [6, 6.07) is 3.49. The van der Waals surface area contributed by atoms with Crippen LogP contribution in [0.5, 0.6) is 0 Å². The maximum Gasteiger partial charge on any atom is 0.166 e. The highest BCUT2D eigenvalue weighted by Gasteiger charge is 2.06. The van der Waals surface area contributed by atoms with E-state index >= 15 is 0 Å². The fourth-order valence-electron chi connectivity index (χ4n) is 1.36. The zero-order chi connectivity index (χ0) is 10.7. The van der Waals surface area contributed by atoms with E-state index in [-0.39, 0.29) is 0 Å². The summed E-state index contributed by atoms with van der Waals surface area (Å²) in [5.74, 6) is 0.686. The topological polar surface area (TPSA) is 56.5 Å². The summed E-state index contributed by atoms with van der Waals surface area (Å²) in [6.45, 7) is 0.577. The minimum atomic E-state index is 0.550. The average Bonchev–Trinajstić information content (AvgIpc) is 2.68. The average molecular weight is 205 g/mol. The first kappa shape index (κ1) is 9.79. The minimum absolute atomic E-state index is 0.550. The van der Waals surface area contributed by atoms with Crippen molar-refractivity contribution in [2.45, 2.75) is 6.42 Å². The largest absolute Gasteiger partial charge is 0.384 e. The van der Waals surface area contributed by atoms with Gasteiger partial charge in [-0.3, -0.25) is 4.79 Å². The molecule has 0 aliphatic rings. The molecule has 0 aliphatic carbocycles. The van der Waals surface area contributed by atoms with Crippen LogP contribution in [0, 0.1) is 0 Å². The predicted octanol–water partition coefficient (Wildman–Crippen LogP) is 0.731. The zero-order valence-electron chi connectivity index (χ0n) is 8.38. The monoisotopic (exact) mass is 205 g/mol. The molecule has 2 aromatic rings. The van der Waals surface area contributed by atoms with E-state index in [0.29, 0.717) is 30.1 Å². The SMILES string of the molecule is COCCc1nc2c(C=O)cccn2n1. The van der Waals surface area contributed by atoms with E-state index in [1.165, 1.54) is 0 Å². The Morgan fingerprint density at radius 2 is 2.47 bits per heavy atom. The molecule has 0 saturated carbocycles. The third-order valence-corrected chi connectivity index (χ3v) is 2.09. The van der Waals surface area contributed by atoms with Gasteiger partial charge in [0.15, 0.2) is 17.8 Å². The second-order valence-electron chi connectivity index (χ2n) is 3.12. The van der Waals surface area contributed by atoms with Crippen molar-refractivity contribution >= 4 is 11.9 Å². The van der Waals surface area contributed by atoms with Gasteiger partial charge in [0.05, 0.1) is 12.2 Å². The van der Waals surface area contributed by atoms with Gasteiger partial charge in [-0.25, -0.2) is 9.50 Å². The Bertz CT molecular complexity index is 478. The Morgan fingerprint density at radius 3 is 3.20 bits per heavy atom. The minimum Gasteiger partial charge on any atom is -0.384 e. The van der Waals surface area contributed by atoms with Gasteiger partial charge < -0.3 is 4.74 Å². The number of hydrogen-bond donors (Lipinski definition) is 0. The quantitative estimate of drug-likeness (QED) is 0.690. The third kappa shape index (κ3) is 1.87. The number of ether oxygens (including phenoxy) is 1. The Hall–Kier alpha value is -1.75. The smallest absolute Gasteiger partial charge is 0.166 e. The molecule has 0 spiro atoms. The van der Waals surface area contributed by atoms with Crippen molar-refractivity contribution in [3.05, 3.63) is 29.7 Å². The van der Waals surface area contributed by atoms with Crippen LogP contribution < -0.4 is 0 Å². The maximum atomic E-state index is 10.7. The molecular formula is C10H11N3O2. The van der Waals surface area contributed by atoms with Gasteiger partial charge in [0, 0.05) is 19.7 Å². The highest BCUT2D eigenvalue weighted by atomic mass is 16.5. The van der Waals surface area contributed by atoms with E-state index in [4.69, 9.17) is 4.74 Å². The molecule has 78 valence electrons. The molecule has 0 radical (unpaired) electrons. The highest BCUT2D eigenvalue weighted by Crippen LogP contribution is 2.06. The van der Waals surface area contributed by atoms with Crippen LogP contribution in [0.15, 0.2) is 18.3 Å². The number of rotatable bonds is 4. The molecule has 5 nitrogen and oxygen atoms in total. The fourth-order valence-corrected chi connectivity index (χ4v) is 1.36. The first-order valence-electron chi connectivity index (χ1n) is 4.63. The van der Waals surface area contributed by atoms with Crippen LogP contribution in [0.3, 0.4) is 0 Å². The second kappa shape index (κ2) is 4.18. The first-order chi connectivity index (χ1) is 7.35. The van der Waals surface area contributed by atoms with Gasteiger partial charge in [-0.15, -0.1) is 0 Å². The van der Waals surface area contributed by atoms with Crippen molar-refractivity contribution in [2.75, 3.05) is 13.7 Å². The van der Waals surface area contributed by atoms with E-state index in [1.807, 2.05) is 0 Å². The van der Waals surface area contributed by atoms with E-state index in [2.05, 4.69) is 10.1 Å². The number of aromatic nitrogens is 3. The number of carbonyl (C=O) groups excluding carboxylic acids is 1. The summed E-state index contributed by atoms with van der Waals surface area (Å²) in [7, 11) is 1.63. The Balaban J connectivity index is 2.41. The number of carbonyl (C=O) groups is 1. The Kier molecular flexibility index (Phi) is 2.73. The van der Waals surface area contributed by atoms with Crippen LogP contribution in [0.4, 0.5) is 0 Å². The summed E-state index contributed by atoms with van der Waals surface area (Å²) in [5, 5.41) is 4.23. The Labute approximate surface area is 86.7 Å². The molecule has 2 rings (SSSR count). The molecular weight excluding hydrogens is 194 g/mol. The van der Waals surface area contributed by atoms with E-state index in [1.54, 1.807) is 30.0 Å². The summed E-state index contributed by atoms with van der Waals surface area (Å²) >= 11 is 0. The van der Waals surface area contributed by atoms with Crippen molar-refractivity contribution in [2.24, 2.45) is 0 Å². The molecule has 0 atom stereocenters. The molecule has 2 heterocycles. The van der Waals surface area contributed by atoms with Crippen LogP contribution in [-0.2, 0) is 11.2 Å². The highest BCUT2D eigenvalue weighted by molar-refractivity contribution is 5.83. The van der Waals surface area contributed by atoms with Crippen molar-refractivity contribution < 1.29 is 9.53 Å². The van der Waals surface area contributed by atoms with Gasteiger partial charge in [0.25, 0.3) is 0 Å². The molecule has 15 heavy (non-hydrogen) atoms. The summed E-state index contributed by atoms with van der Waals surface area (Å²) in [6.07, 6.45) is 3.20. The van der Waals surface area contributed by atoms with Crippen molar-refractivity contribution in [1.82, 2.24) is 14.6 Å². The van der Waals surface area contributed by atoms with Gasteiger partial charge in [-0.05, 0) is 12.1 Å². The second-order valence-corrected chi connectivity index (χ2v) is 3.12. The van der Waals surface area contributed by atoms with Gasteiger partial charge in [-0.2, -0.15) is 5.10 Å². The molecule has 0 bridgehead atoms. The summed E-state index contributed by atoms with van der Waals surface area (Å²) in [4.78, 5) is 15.0. The molecule has 0 aliphatic heterocycles. The fraction of sp³-hybridized carbons (Fsp3) is 0.300. The van der Waals surface area contributed by atoms with E-state index < -0.39 is 0 Å². The maximum absolute atomic E-state index is 10.7. The lowest BCUT2D eigenvalue weighted by Crippen LogP contribution is -1.96. The number of pyridine rings is 1. The van der Waals surface area contributed by atoms with Crippen LogP contribution in [0.25, 0.3) is 5.65 Å². The molecule has 0 fully saturated rings. The molecule has 0 N–H and O–H groups in total. The zero-order valence-corrected chi connectivity index (χ0v) is 8.38. The van der Waals surface area contributed by atoms with E-state index in [9.17, 15) is 4.79 Å². The van der Waals surface area contributed by atoms with Crippen LogP contribution in [0.2, 0.25) is 0 Å². The molecule has 2 aromatic heterocycles. The number of hydrogen-bond acceptors (Lipinski definition) is 4. The van der Waals surface area contributed by atoms with Crippen molar-refractivity contribution in [3.63, 3.8) is 0 Å². The molecule has 0 amide bonds. The lowest BCUT2D eigenvalue weighted by Gasteiger charge is -1.91. The first-order valence-corrected chi connectivity index (χ1v) is 4.63. The lowest BCUT2D eigenvalue weighted by atomic mass is 10.3. The van der Waals surface area contributed by atoms with E-state index in [0.717, 1.165) is 6.29 Å². The number of nitrogens with zero attached hydrogens (tertiary/aromatic N) is 3.